The lowest BCUT2D eigenvalue weighted by atomic mass is 10.2. The molecule has 0 amide bonds. The monoisotopic (exact) mass is 357 g/mol. The van der Waals surface area contributed by atoms with Crippen LogP contribution in [0.5, 0.6) is 5.75 Å². The Labute approximate surface area is 136 Å². The Morgan fingerprint density at radius 1 is 1.12 bits per heavy atom. The van der Waals surface area contributed by atoms with Crippen molar-refractivity contribution in [1.29, 1.82) is 0 Å². The molecule has 0 radical (unpaired) electrons. The van der Waals surface area contributed by atoms with Crippen molar-refractivity contribution in [3.63, 3.8) is 0 Å². The molecule has 0 aliphatic heterocycles. The predicted molar refractivity (Wildman–Crippen MR) is 77.3 cm³/mol. The molecule has 3 rings (SSSR count). The molecule has 1 unspecified atom stereocenters. The molecule has 0 N–H and O–H groups in total. The zero-order valence-corrected chi connectivity index (χ0v) is 12.2. The van der Waals surface area contributed by atoms with Gasteiger partial charge in [0.1, 0.15) is 17.0 Å². The number of nitrogens with zero attached hydrogens (tertiary/aromatic N) is 1. The molecular formula is C16H8F5NO3. The minimum absolute atomic E-state index is 0.0104. The van der Waals surface area contributed by atoms with Gasteiger partial charge in [-0.1, -0.05) is 12.1 Å². The fourth-order valence-electron chi connectivity index (χ4n) is 2.09. The lowest BCUT2D eigenvalue weighted by Gasteiger charge is -2.14. The van der Waals surface area contributed by atoms with Crippen LogP contribution >= 0.6 is 0 Å². The van der Waals surface area contributed by atoms with E-state index in [2.05, 4.69) is 9.72 Å². The zero-order chi connectivity index (χ0) is 18.2. The highest BCUT2D eigenvalue weighted by Crippen LogP contribution is 2.28. The van der Waals surface area contributed by atoms with E-state index >= 15 is 0 Å². The fraction of sp³-hybridized carbons (Fsp3) is 0.125. The van der Waals surface area contributed by atoms with E-state index in [1.807, 2.05) is 0 Å². The third-order valence-corrected chi connectivity index (χ3v) is 3.18. The van der Waals surface area contributed by atoms with Crippen LogP contribution in [0.2, 0.25) is 0 Å². The Bertz CT molecular complexity index is 983. The number of aromatic nitrogens is 1. The van der Waals surface area contributed by atoms with Crippen LogP contribution < -0.4 is 10.4 Å². The molecule has 4 nitrogen and oxygen atoms in total. The minimum Gasteiger partial charge on any atom is -0.452 e. The molecule has 0 fully saturated rings. The molecule has 0 aliphatic rings. The molecular weight excluding hydrogens is 349 g/mol. The molecule has 0 spiro atoms. The summed E-state index contributed by atoms with van der Waals surface area (Å²) in [6.45, 7) is 0. The second-order valence-electron chi connectivity index (χ2n) is 4.94. The number of benzene rings is 2. The number of ether oxygens (including phenoxy) is 1. The summed E-state index contributed by atoms with van der Waals surface area (Å²) in [7, 11) is 0. The van der Waals surface area contributed by atoms with Gasteiger partial charge >= 0.3 is 18.2 Å². The van der Waals surface area contributed by atoms with Crippen molar-refractivity contribution < 1.29 is 31.1 Å². The van der Waals surface area contributed by atoms with Gasteiger partial charge < -0.3 is 9.15 Å². The second-order valence-corrected chi connectivity index (χ2v) is 4.94. The SMILES string of the molecule is O=c1oc(-c2cccc(OC(F)C(F)(F)F)c2)nc2cccc(F)c12. The van der Waals surface area contributed by atoms with E-state index in [1.54, 1.807) is 0 Å². The summed E-state index contributed by atoms with van der Waals surface area (Å²) in [5, 5.41) is -0.348. The molecule has 1 heterocycles. The smallest absolute Gasteiger partial charge is 0.452 e. The topological polar surface area (TPSA) is 52.3 Å². The van der Waals surface area contributed by atoms with Gasteiger partial charge in [-0.15, -0.1) is 0 Å². The number of rotatable bonds is 3. The van der Waals surface area contributed by atoms with Crippen LogP contribution in [0.15, 0.2) is 51.7 Å². The normalized spacial score (nSPS) is 13.0. The maximum absolute atomic E-state index is 13.6. The van der Waals surface area contributed by atoms with Crippen molar-refractivity contribution in [1.82, 2.24) is 4.98 Å². The van der Waals surface area contributed by atoms with Crippen molar-refractivity contribution >= 4 is 10.9 Å². The maximum atomic E-state index is 13.6. The highest BCUT2D eigenvalue weighted by Gasteiger charge is 2.42. The molecule has 3 aromatic rings. The molecule has 0 bridgehead atoms. The van der Waals surface area contributed by atoms with Crippen LogP contribution in [-0.4, -0.2) is 17.5 Å². The summed E-state index contributed by atoms with van der Waals surface area (Å²) in [4.78, 5) is 15.9. The van der Waals surface area contributed by atoms with Crippen LogP contribution in [0, 0.1) is 5.82 Å². The van der Waals surface area contributed by atoms with E-state index in [1.165, 1.54) is 24.3 Å². The Kier molecular flexibility index (Phi) is 4.15. The maximum Gasteiger partial charge on any atom is 0.457 e. The van der Waals surface area contributed by atoms with E-state index in [4.69, 9.17) is 4.42 Å². The van der Waals surface area contributed by atoms with E-state index in [0.717, 1.165) is 18.2 Å². The summed E-state index contributed by atoms with van der Waals surface area (Å²) in [5.74, 6) is -1.52. The number of hydrogen-bond acceptors (Lipinski definition) is 4. The number of hydrogen-bond donors (Lipinski definition) is 0. The van der Waals surface area contributed by atoms with Crippen molar-refractivity contribution in [2.45, 2.75) is 12.5 Å². The van der Waals surface area contributed by atoms with Gasteiger partial charge in [0.15, 0.2) is 0 Å². The van der Waals surface area contributed by atoms with Gasteiger partial charge in [-0.25, -0.2) is 14.2 Å². The first-order valence-electron chi connectivity index (χ1n) is 6.83. The number of alkyl halides is 4. The van der Waals surface area contributed by atoms with Gasteiger partial charge in [0.2, 0.25) is 5.89 Å². The van der Waals surface area contributed by atoms with Crippen molar-refractivity contribution in [3.05, 3.63) is 58.7 Å². The summed E-state index contributed by atoms with van der Waals surface area (Å²) < 4.78 is 72.3. The summed E-state index contributed by atoms with van der Waals surface area (Å²) in [6, 6.07) is 8.53. The third kappa shape index (κ3) is 3.44. The van der Waals surface area contributed by atoms with Crippen LogP contribution in [0.3, 0.4) is 0 Å². The van der Waals surface area contributed by atoms with Gasteiger partial charge in [0, 0.05) is 5.56 Å². The Balaban J connectivity index is 2.02. The van der Waals surface area contributed by atoms with Crippen LogP contribution in [0.1, 0.15) is 0 Å². The van der Waals surface area contributed by atoms with Crippen LogP contribution in [-0.2, 0) is 0 Å². The Morgan fingerprint density at radius 3 is 2.56 bits per heavy atom. The molecule has 1 atom stereocenters. The average molecular weight is 357 g/mol. The first-order chi connectivity index (χ1) is 11.8. The van der Waals surface area contributed by atoms with Crippen molar-refractivity contribution in [2.24, 2.45) is 0 Å². The van der Waals surface area contributed by atoms with Gasteiger partial charge in [-0.2, -0.15) is 17.6 Å². The van der Waals surface area contributed by atoms with E-state index in [9.17, 15) is 26.7 Å². The quantitative estimate of drug-likeness (QED) is 0.659. The highest BCUT2D eigenvalue weighted by molar-refractivity contribution is 5.79. The van der Waals surface area contributed by atoms with E-state index in [0.29, 0.717) is 0 Å². The molecule has 25 heavy (non-hydrogen) atoms. The fourth-order valence-corrected chi connectivity index (χ4v) is 2.09. The first-order valence-corrected chi connectivity index (χ1v) is 6.83. The molecule has 130 valence electrons. The Hall–Kier alpha value is -2.97. The van der Waals surface area contributed by atoms with E-state index < -0.39 is 29.7 Å². The molecule has 0 aliphatic carbocycles. The highest BCUT2D eigenvalue weighted by atomic mass is 19.4. The van der Waals surface area contributed by atoms with Gasteiger partial charge in [0.25, 0.3) is 0 Å². The van der Waals surface area contributed by atoms with Gasteiger partial charge in [0.05, 0.1) is 5.52 Å². The number of fused-ring (bicyclic) bond motifs is 1. The van der Waals surface area contributed by atoms with Crippen LogP contribution in [0.4, 0.5) is 22.0 Å². The third-order valence-electron chi connectivity index (χ3n) is 3.18. The first kappa shape index (κ1) is 16.9. The molecule has 0 saturated carbocycles. The Morgan fingerprint density at radius 2 is 1.84 bits per heavy atom. The second kappa shape index (κ2) is 6.15. The summed E-state index contributed by atoms with van der Waals surface area (Å²) in [6.07, 6.45) is -8.69. The lowest BCUT2D eigenvalue weighted by molar-refractivity contribution is -0.236. The average Bonchev–Trinajstić information content (AvgIpc) is 2.54. The largest absolute Gasteiger partial charge is 0.457 e. The van der Waals surface area contributed by atoms with E-state index in [-0.39, 0.29) is 22.4 Å². The molecule has 9 heteroatoms. The minimum atomic E-state index is -5.18. The van der Waals surface area contributed by atoms with Crippen molar-refractivity contribution in [2.75, 3.05) is 0 Å². The van der Waals surface area contributed by atoms with Gasteiger partial charge in [-0.3, -0.25) is 0 Å². The standard InChI is InChI=1S/C16H8F5NO3/c17-10-5-2-6-11-12(10)14(23)25-13(22-11)8-3-1-4-9(7-8)24-15(18)16(19,20)21/h1-7,15H. The van der Waals surface area contributed by atoms with Gasteiger partial charge in [-0.05, 0) is 30.3 Å². The molecule has 2 aromatic carbocycles. The zero-order valence-electron chi connectivity index (χ0n) is 12.2. The molecule has 1 aromatic heterocycles. The predicted octanol–water partition coefficient (Wildman–Crippen LogP) is 4.23. The summed E-state index contributed by atoms with van der Waals surface area (Å²) in [5.41, 5.74) is -0.922. The number of halogens is 5. The molecule has 0 saturated heterocycles. The summed E-state index contributed by atoms with van der Waals surface area (Å²) >= 11 is 0. The van der Waals surface area contributed by atoms with Crippen LogP contribution in [0.25, 0.3) is 22.4 Å². The van der Waals surface area contributed by atoms with Crippen molar-refractivity contribution in [3.8, 4) is 17.2 Å². The lowest BCUT2D eigenvalue weighted by Crippen LogP contribution is -2.29.